The summed E-state index contributed by atoms with van der Waals surface area (Å²) in [5.41, 5.74) is 1.83. The van der Waals surface area contributed by atoms with Gasteiger partial charge < -0.3 is 4.90 Å². The van der Waals surface area contributed by atoms with Crippen molar-refractivity contribution in [2.24, 2.45) is 0 Å². The Labute approximate surface area is 156 Å². The third-order valence-corrected chi connectivity index (χ3v) is 4.62. The Morgan fingerprint density at radius 3 is 2.04 bits per heavy atom. The molecule has 2 aromatic rings. The normalized spacial score (nSPS) is 13.7. The Kier molecular flexibility index (Phi) is 6.52. The Balaban J connectivity index is 1.73. The third kappa shape index (κ3) is 5.27. The zero-order valence-electron chi connectivity index (χ0n) is 14.9. The van der Waals surface area contributed by atoms with Crippen molar-refractivity contribution in [2.45, 2.75) is 38.1 Å². The molecule has 0 atom stereocenters. The summed E-state index contributed by atoms with van der Waals surface area (Å²) in [7, 11) is 0. The van der Waals surface area contributed by atoms with E-state index in [0.29, 0.717) is 6.54 Å². The first-order valence-electron chi connectivity index (χ1n) is 9.24. The Morgan fingerprint density at radius 1 is 0.846 bits per heavy atom. The van der Waals surface area contributed by atoms with Crippen molar-refractivity contribution in [1.29, 1.82) is 0 Å². The molecule has 2 aromatic carbocycles. The molecular weight excluding hydrogens is 318 g/mol. The first kappa shape index (κ1) is 17.8. The lowest BCUT2D eigenvalue weighted by atomic mass is 9.94. The molecule has 130 valence electrons. The fraction of sp³-hybridized carbons (Fsp3) is 0.292. The number of carbonyl (C=O) groups excluding carboxylic acids is 1. The predicted octanol–water partition coefficient (Wildman–Crippen LogP) is 4.25. The molecule has 0 heterocycles. The van der Waals surface area contributed by atoms with Crippen molar-refractivity contribution >= 4 is 5.91 Å². The van der Waals surface area contributed by atoms with Crippen molar-refractivity contribution in [2.75, 3.05) is 6.54 Å². The molecule has 0 spiro atoms. The average Bonchev–Trinajstić information content (AvgIpc) is 2.72. The van der Waals surface area contributed by atoms with Crippen LogP contribution in [0.2, 0.25) is 0 Å². The van der Waals surface area contributed by atoms with E-state index in [-0.39, 0.29) is 11.9 Å². The van der Waals surface area contributed by atoms with E-state index in [4.69, 9.17) is 0 Å². The van der Waals surface area contributed by atoms with E-state index in [1.165, 1.54) is 19.3 Å². The lowest BCUT2D eigenvalue weighted by Crippen LogP contribution is -2.41. The van der Waals surface area contributed by atoms with Crippen molar-refractivity contribution in [3.05, 3.63) is 71.8 Å². The van der Waals surface area contributed by atoms with E-state index in [2.05, 4.69) is 23.7 Å². The minimum atomic E-state index is -0.122. The van der Waals surface area contributed by atoms with Crippen LogP contribution in [0, 0.1) is 23.7 Å². The van der Waals surface area contributed by atoms with E-state index in [9.17, 15) is 4.79 Å². The van der Waals surface area contributed by atoms with E-state index < -0.39 is 0 Å². The van der Waals surface area contributed by atoms with Gasteiger partial charge in [0.1, 0.15) is 0 Å². The molecule has 2 nitrogen and oxygen atoms in total. The number of benzene rings is 2. The Bertz CT molecular complexity index is 828. The Hall–Kier alpha value is -2.97. The van der Waals surface area contributed by atoms with Crippen LogP contribution in [0.25, 0.3) is 0 Å². The fourth-order valence-corrected chi connectivity index (χ4v) is 3.23. The van der Waals surface area contributed by atoms with Gasteiger partial charge in [0, 0.05) is 23.1 Å². The fourth-order valence-electron chi connectivity index (χ4n) is 3.23. The van der Waals surface area contributed by atoms with Crippen molar-refractivity contribution < 1.29 is 4.79 Å². The van der Waals surface area contributed by atoms with Gasteiger partial charge in [-0.1, -0.05) is 73.4 Å². The number of hydrogen-bond donors (Lipinski definition) is 0. The maximum atomic E-state index is 12.7. The van der Waals surface area contributed by atoms with Crippen molar-refractivity contribution in [3.63, 3.8) is 0 Å². The molecule has 26 heavy (non-hydrogen) atoms. The molecule has 0 N–H and O–H groups in total. The summed E-state index contributed by atoms with van der Waals surface area (Å²) in [6, 6.07) is 19.8. The van der Waals surface area contributed by atoms with Gasteiger partial charge in [-0.25, -0.2) is 0 Å². The molecule has 0 bridgehead atoms. The smallest absolute Gasteiger partial charge is 0.299 e. The first-order chi connectivity index (χ1) is 12.8. The predicted molar refractivity (Wildman–Crippen MR) is 105 cm³/mol. The van der Waals surface area contributed by atoms with Gasteiger partial charge in [-0.3, -0.25) is 4.79 Å². The average molecular weight is 341 g/mol. The van der Waals surface area contributed by atoms with Gasteiger partial charge in [-0.15, -0.1) is 0 Å². The number of rotatable bonds is 2. The number of carbonyl (C=O) groups is 1. The second-order valence-corrected chi connectivity index (χ2v) is 6.51. The minimum absolute atomic E-state index is 0.122. The van der Waals surface area contributed by atoms with Crippen LogP contribution in [0.4, 0.5) is 0 Å². The van der Waals surface area contributed by atoms with Gasteiger partial charge in [0.2, 0.25) is 0 Å². The van der Waals surface area contributed by atoms with Crippen molar-refractivity contribution in [3.8, 4) is 23.7 Å². The van der Waals surface area contributed by atoms with Crippen LogP contribution in [0.3, 0.4) is 0 Å². The van der Waals surface area contributed by atoms with Crippen LogP contribution in [0.15, 0.2) is 60.7 Å². The largest absolute Gasteiger partial charge is 0.318 e. The van der Waals surface area contributed by atoms with Crippen LogP contribution in [-0.2, 0) is 4.79 Å². The molecule has 0 saturated heterocycles. The highest BCUT2D eigenvalue weighted by Gasteiger charge is 2.23. The molecule has 1 fully saturated rings. The maximum Gasteiger partial charge on any atom is 0.299 e. The number of amides is 1. The zero-order valence-corrected chi connectivity index (χ0v) is 14.9. The molecular formula is C24H23NO. The van der Waals surface area contributed by atoms with E-state index in [0.717, 1.165) is 24.0 Å². The molecule has 1 aliphatic rings. The highest BCUT2D eigenvalue weighted by atomic mass is 16.2. The summed E-state index contributed by atoms with van der Waals surface area (Å²) in [6.45, 7) is 0.432. The topological polar surface area (TPSA) is 20.3 Å². The highest BCUT2D eigenvalue weighted by Crippen LogP contribution is 2.22. The van der Waals surface area contributed by atoms with E-state index in [1.54, 1.807) is 0 Å². The summed E-state index contributed by atoms with van der Waals surface area (Å²) >= 11 is 0. The Morgan fingerprint density at radius 2 is 1.42 bits per heavy atom. The molecule has 1 saturated carbocycles. The summed E-state index contributed by atoms with van der Waals surface area (Å²) in [5.74, 6) is 12.0. The quantitative estimate of drug-likeness (QED) is 0.748. The van der Waals surface area contributed by atoms with E-state index >= 15 is 0 Å². The number of nitrogens with zero attached hydrogens (tertiary/aromatic N) is 1. The summed E-state index contributed by atoms with van der Waals surface area (Å²) in [6.07, 6.45) is 5.70. The summed E-state index contributed by atoms with van der Waals surface area (Å²) in [5, 5.41) is 0. The van der Waals surface area contributed by atoms with Crippen LogP contribution in [0.1, 0.15) is 43.2 Å². The summed E-state index contributed by atoms with van der Waals surface area (Å²) < 4.78 is 0. The van der Waals surface area contributed by atoms with Gasteiger partial charge in [-0.05, 0) is 37.1 Å². The molecule has 0 aliphatic heterocycles. The molecule has 3 rings (SSSR count). The molecule has 2 heteroatoms. The van der Waals surface area contributed by atoms with E-state index in [1.807, 2.05) is 65.6 Å². The van der Waals surface area contributed by atoms with Gasteiger partial charge in [0.05, 0.1) is 6.54 Å². The summed E-state index contributed by atoms with van der Waals surface area (Å²) in [4.78, 5) is 14.6. The second-order valence-electron chi connectivity index (χ2n) is 6.51. The monoisotopic (exact) mass is 341 g/mol. The highest BCUT2D eigenvalue weighted by molar-refractivity contribution is 5.94. The van der Waals surface area contributed by atoms with Crippen LogP contribution in [-0.4, -0.2) is 23.4 Å². The van der Waals surface area contributed by atoms with Gasteiger partial charge >= 0.3 is 0 Å². The molecule has 0 aromatic heterocycles. The van der Waals surface area contributed by atoms with Gasteiger partial charge in [-0.2, -0.15) is 0 Å². The second kappa shape index (κ2) is 9.50. The standard InChI is InChI=1S/C24H23NO/c26-24(19-18-22-13-6-2-7-14-22)25(23-16-8-3-9-17-23)20-10-15-21-11-4-1-5-12-21/h1-2,4-7,11-14,23H,3,8-9,16-17,20H2. The third-order valence-electron chi connectivity index (χ3n) is 4.62. The van der Waals surface area contributed by atoms with Crippen LogP contribution >= 0.6 is 0 Å². The maximum absolute atomic E-state index is 12.7. The SMILES string of the molecule is O=C(C#Cc1ccccc1)N(CC#Cc1ccccc1)C1CCCCC1. The van der Waals surface area contributed by atoms with Gasteiger partial charge in [0.25, 0.3) is 5.91 Å². The lowest BCUT2D eigenvalue weighted by Gasteiger charge is -2.31. The van der Waals surface area contributed by atoms with Crippen LogP contribution in [0.5, 0.6) is 0 Å². The number of hydrogen-bond acceptors (Lipinski definition) is 1. The molecule has 0 unspecified atom stereocenters. The van der Waals surface area contributed by atoms with Crippen LogP contribution < -0.4 is 0 Å². The lowest BCUT2D eigenvalue weighted by molar-refractivity contribution is -0.127. The molecule has 1 amide bonds. The zero-order chi connectivity index (χ0) is 18.0. The van der Waals surface area contributed by atoms with Gasteiger partial charge in [0.15, 0.2) is 0 Å². The minimum Gasteiger partial charge on any atom is -0.318 e. The molecule has 1 aliphatic carbocycles. The molecule has 0 radical (unpaired) electrons. The van der Waals surface area contributed by atoms with Crippen molar-refractivity contribution in [1.82, 2.24) is 4.90 Å². The first-order valence-corrected chi connectivity index (χ1v) is 9.24.